The van der Waals surface area contributed by atoms with Crippen LogP contribution in [-0.2, 0) is 6.54 Å². The maximum absolute atomic E-state index is 13.3. The van der Waals surface area contributed by atoms with Crippen LogP contribution in [-0.4, -0.2) is 4.98 Å². The zero-order chi connectivity index (χ0) is 13.1. The number of anilines is 1. The van der Waals surface area contributed by atoms with Crippen LogP contribution in [0.25, 0.3) is 0 Å². The summed E-state index contributed by atoms with van der Waals surface area (Å²) in [5.41, 5.74) is 0.261. The van der Waals surface area contributed by atoms with E-state index in [9.17, 15) is 17.6 Å². The molecule has 0 aliphatic rings. The van der Waals surface area contributed by atoms with Crippen molar-refractivity contribution in [1.82, 2.24) is 4.98 Å². The van der Waals surface area contributed by atoms with Crippen LogP contribution < -0.4 is 5.32 Å². The van der Waals surface area contributed by atoms with E-state index in [1.165, 1.54) is 6.20 Å². The molecule has 0 radical (unpaired) electrons. The van der Waals surface area contributed by atoms with Gasteiger partial charge in [0.25, 0.3) is 0 Å². The minimum Gasteiger partial charge on any atom is -0.380 e. The summed E-state index contributed by atoms with van der Waals surface area (Å²) in [6, 6.07) is 2.38. The summed E-state index contributed by atoms with van der Waals surface area (Å²) in [5, 5.41) is 2.66. The quantitative estimate of drug-likeness (QED) is 0.673. The smallest absolute Gasteiger partial charge is 0.161 e. The molecule has 0 atom stereocenters. The second-order valence-corrected chi connectivity index (χ2v) is 3.60. The monoisotopic (exact) mass is 256 g/mol. The molecule has 1 aromatic heterocycles. The third kappa shape index (κ3) is 2.77. The number of hydrogen-bond acceptors (Lipinski definition) is 2. The number of halogens is 4. The molecule has 2 nitrogen and oxygen atoms in total. The predicted molar refractivity (Wildman–Crippen MR) is 57.8 cm³/mol. The molecule has 2 rings (SSSR count). The Bertz CT molecular complexity index is 572. The average Bonchev–Trinajstić information content (AvgIpc) is 2.32. The summed E-state index contributed by atoms with van der Waals surface area (Å²) >= 11 is 0. The summed E-state index contributed by atoms with van der Waals surface area (Å²) in [4.78, 5) is 3.59. The molecule has 0 amide bonds. The van der Waals surface area contributed by atoms with E-state index >= 15 is 0 Å². The average molecular weight is 256 g/mol. The lowest BCUT2D eigenvalue weighted by Gasteiger charge is -2.07. The van der Waals surface area contributed by atoms with Gasteiger partial charge in [0, 0.05) is 24.2 Å². The first kappa shape index (κ1) is 12.3. The highest BCUT2D eigenvalue weighted by Gasteiger charge is 2.09. The Kier molecular flexibility index (Phi) is 3.45. The summed E-state index contributed by atoms with van der Waals surface area (Å²) in [7, 11) is 0. The summed E-state index contributed by atoms with van der Waals surface area (Å²) < 4.78 is 51.7. The minimum absolute atomic E-state index is 0.0573. The van der Waals surface area contributed by atoms with Gasteiger partial charge >= 0.3 is 0 Å². The molecule has 0 aliphatic carbocycles. The van der Waals surface area contributed by atoms with Crippen LogP contribution in [0.3, 0.4) is 0 Å². The third-order valence-electron chi connectivity index (χ3n) is 2.28. The molecule has 0 spiro atoms. The van der Waals surface area contributed by atoms with E-state index < -0.39 is 23.3 Å². The Morgan fingerprint density at radius 1 is 0.889 bits per heavy atom. The fraction of sp³-hybridized carbons (Fsp3) is 0.0833. The van der Waals surface area contributed by atoms with Crippen LogP contribution in [0.5, 0.6) is 0 Å². The van der Waals surface area contributed by atoms with Crippen molar-refractivity contribution in [2.24, 2.45) is 0 Å². The second kappa shape index (κ2) is 5.03. The highest BCUT2D eigenvalue weighted by Crippen LogP contribution is 2.15. The SMILES string of the molecule is Fc1cncc(NCc2cc(F)c(F)cc2F)c1. The molecule has 0 saturated carbocycles. The molecular formula is C12H8F4N2. The van der Waals surface area contributed by atoms with Crippen molar-refractivity contribution in [3.05, 3.63) is 59.4 Å². The van der Waals surface area contributed by atoms with Crippen molar-refractivity contribution in [3.63, 3.8) is 0 Å². The van der Waals surface area contributed by atoms with E-state index in [1.807, 2.05) is 0 Å². The predicted octanol–water partition coefficient (Wildman–Crippen LogP) is 3.25. The van der Waals surface area contributed by atoms with E-state index in [0.29, 0.717) is 11.8 Å². The topological polar surface area (TPSA) is 24.9 Å². The zero-order valence-electron chi connectivity index (χ0n) is 9.05. The highest BCUT2D eigenvalue weighted by atomic mass is 19.2. The van der Waals surface area contributed by atoms with E-state index in [-0.39, 0.29) is 12.1 Å². The molecule has 0 unspecified atom stereocenters. The van der Waals surface area contributed by atoms with Gasteiger partial charge in [-0.3, -0.25) is 4.98 Å². The van der Waals surface area contributed by atoms with Gasteiger partial charge in [-0.2, -0.15) is 0 Å². The van der Waals surface area contributed by atoms with Crippen LogP contribution in [0.1, 0.15) is 5.56 Å². The number of hydrogen-bond donors (Lipinski definition) is 1. The lowest BCUT2D eigenvalue weighted by molar-refractivity contribution is 0.490. The lowest BCUT2D eigenvalue weighted by Crippen LogP contribution is -2.04. The molecule has 2 aromatic rings. The number of pyridine rings is 1. The van der Waals surface area contributed by atoms with Gasteiger partial charge in [-0.1, -0.05) is 0 Å². The van der Waals surface area contributed by atoms with Gasteiger partial charge in [-0.05, 0) is 6.07 Å². The number of nitrogens with zero attached hydrogens (tertiary/aromatic N) is 1. The molecule has 0 saturated heterocycles. The molecule has 0 aliphatic heterocycles. The van der Waals surface area contributed by atoms with Gasteiger partial charge in [0.2, 0.25) is 0 Å². The number of aromatic nitrogens is 1. The van der Waals surface area contributed by atoms with Crippen LogP contribution >= 0.6 is 0 Å². The van der Waals surface area contributed by atoms with Crippen molar-refractivity contribution in [3.8, 4) is 0 Å². The summed E-state index contributed by atoms with van der Waals surface area (Å²) in [5.74, 6) is -3.80. The largest absolute Gasteiger partial charge is 0.380 e. The van der Waals surface area contributed by atoms with Crippen molar-refractivity contribution in [2.45, 2.75) is 6.54 Å². The van der Waals surface area contributed by atoms with Crippen LogP contribution in [0.15, 0.2) is 30.6 Å². The van der Waals surface area contributed by atoms with Crippen molar-refractivity contribution in [1.29, 1.82) is 0 Å². The Morgan fingerprint density at radius 2 is 1.61 bits per heavy atom. The Balaban J connectivity index is 2.13. The fourth-order valence-corrected chi connectivity index (χ4v) is 1.41. The van der Waals surface area contributed by atoms with Crippen LogP contribution in [0.4, 0.5) is 23.2 Å². The molecule has 6 heteroatoms. The number of rotatable bonds is 3. The van der Waals surface area contributed by atoms with Gasteiger partial charge in [0.1, 0.15) is 11.6 Å². The first-order valence-corrected chi connectivity index (χ1v) is 5.04. The van der Waals surface area contributed by atoms with E-state index in [0.717, 1.165) is 18.3 Å². The van der Waals surface area contributed by atoms with E-state index in [2.05, 4.69) is 10.3 Å². The summed E-state index contributed by atoms with van der Waals surface area (Å²) in [6.07, 6.45) is 2.35. The summed E-state index contributed by atoms with van der Waals surface area (Å²) in [6.45, 7) is -0.103. The Hall–Kier alpha value is -2.11. The molecule has 0 fully saturated rings. The molecule has 1 N–H and O–H groups in total. The van der Waals surface area contributed by atoms with Crippen molar-refractivity contribution in [2.75, 3.05) is 5.32 Å². The normalized spacial score (nSPS) is 10.4. The number of benzene rings is 1. The van der Waals surface area contributed by atoms with Crippen LogP contribution in [0.2, 0.25) is 0 Å². The first-order chi connectivity index (χ1) is 8.56. The van der Waals surface area contributed by atoms with Crippen LogP contribution in [0, 0.1) is 23.3 Å². The van der Waals surface area contributed by atoms with Gasteiger partial charge in [-0.25, -0.2) is 17.6 Å². The van der Waals surface area contributed by atoms with E-state index in [1.54, 1.807) is 0 Å². The Morgan fingerprint density at radius 3 is 2.33 bits per heavy atom. The molecule has 0 bridgehead atoms. The van der Waals surface area contributed by atoms with Gasteiger partial charge < -0.3 is 5.32 Å². The highest BCUT2D eigenvalue weighted by molar-refractivity contribution is 5.41. The molecule has 1 heterocycles. The fourth-order valence-electron chi connectivity index (χ4n) is 1.41. The molecule has 18 heavy (non-hydrogen) atoms. The van der Waals surface area contributed by atoms with Crippen molar-refractivity contribution >= 4 is 5.69 Å². The standard InChI is InChI=1S/C12H8F4N2/c13-8-2-9(6-17-5-8)18-4-7-1-11(15)12(16)3-10(7)14/h1-3,5-6,18H,4H2. The second-order valence-electron chi connectivity index (χ2n) is 3.60. The van der Waals surface area contributed by atoms with Gasteiger partial charge in [0.15, 0.2) is 11.6 Å². The van der Waals surface area contributed by atoms with Crippen molar-refractivity contribution < 1.29 is 17.6 Å². The molecule has 94 valence electrons. The number of nitrogens with one attached hydrogen (secondary N) is 1. The molecule has 1 aromatic carbocycles. The zero-order valence-corrected chi connectivity index (χ0v) is 9.05. The third-order valence-corrected chi connectivity index (χ3v) is 2.28. The Labute approximate surface area is 100 Å². The minimum atomic E-state index is -1.25. The maximum atomic E-state index is 13.3. The first-order valence-electron chi connectivity index (χ1n) is 5.04. The van der Waals surface area contributed by atoms with E-state index in [4.69, 9.17) is 0 Å². The van der Waals surface area contributed by atoms with Gasteiger partial charge in [-0.15, -0.1) is 0 Å². The molecular weight excluding hydrogens is 248 g/mol. The maximum Gasteiger partial charge on any atom is 0.161 e. The lowest BCUT2D eigenvalue weighted by atomic mass is 10.2. The van der Waals surface area contributed by atoms with Gasteiger partial charge in [0.05, 0.1) is 18.1 Å².